The molecule has 0 aliphatic heterocycles. The first-order chi connectivity index (χ1) is 21.0. The number of ketones is 1. The minimum Gasteiger partial charge on any atom is -0.481 e. The second kappa shape index (κ2) is 14.2. The zero-order valence-electron chi connectivity index (χ0n) is 23.9. The van der Waals surface area contributed by atoms with Crippen LogP contribution in [0.2, 0.25) is 0 Å². The largest absolute Gasteiger partial charge is 0.481 e. The van der Waals surface area contributed by atoms with E-state index in [0.717, 1.165) is 11.6 Å². The van der Waals surface area contributed by atoms with Crippen LogP contribution in [0.5, 0.6) is 11.5 Å². The number of H-pyrrole nitrogens is 1. The predicted molar refractivity (Wildman–Crippen MR) is 156 cm³/mol. The van der Waals surface area contributed by atoms with Gasteiger partial charge in [-0.05, 0) is 62.2 Å². The number of halogens is 2. The van der Waals surface area contributed by atoms with Gasteiger partial charge in [0.25, 0.3) is 5.91 Å². The summed E-state index contributed by atoms with van der Waals surface area (Å²) in [5.74, 6) is -3.86. The van der Waals surface area contributed by atoms with Crippen LogP contribution in [0.15, 0.2) is 67.0 Å². The number of carbonyl (C=O) groups excluding carboxylic acids is 3. The number of aromatic amines is 1. The molecule has 0 aliphatic rings. The highest BCUT2D eigenvalue weighted by molar-refractivity contribution is 5.99. The number of aryl methyl sites for hydroxylation is 1. The van der Waals surface area contributed by atoms with Crippen molar-refractivity contribution in [1.29, 1.82) is 0 Å². The number of hydrogen-bond donors (Lipinski definition) is 4. The van der Waals surface area contributed by atoms with Crippen molar-refractivity contribution in [2.45, 2.75) is 39.2 Å². The summed E-state index contributed by atoms with van der Waals surface area (Å²) in [6.07, 6.45) is 2.22. The van der Waals surface area contributed by atoms with Crippen LogP contribution < -0.4 is 15.4 Å². The summed E-state index contributed by atoms with van der Waals surface area (Å²) in [5, 5.41) is 14.1. The SMILES string of the molecule is CCNC(=O)[C@H](CCC(=O)O)NC(=O)c1c[nH]c(-c2cc(Oc3cc(C(=O)Cc4cc(C)ccc4F)ccc3F)ccn2)c1. The monoisotopic (exact) mass is 604 g/mol. The molecule has 4 N–H and O–H groups in total. The molecule has 0 fully saturated rings. The number of nitrogens with one attached hydrogen (secondary N) is 3. The van der Waals surface area contributed by atoms with Gasteiger partial charge in [0.1, 0.15) is 17.6 Å². The third-order valence-corrected chi connectivity index (χ3v) is 6.61. The van der Waals surface area contributed by atoms with Gasteiger partial charge in [-0.25, -0.2) is 8.78 Å². The lowest BCUT2D eigenvalue weighted by atomic mass is 10.0. The molecule has 1 atom stereocenters. The topological polar surface area (TPSA) is 150 Å². The normalized spacial score (nSPS) is 11.5. The maximum absolute atomic E-state index is 14.7. The zero-order chi connectivity index (χ0) is 31.8. The van der Waals surface area contributed by atoms with Crippen molar-refractivity contribution in [1.82, 2.24) is 20.6 Å². The molecule has 12 heteroatoms. The van der Waals surface area contributed by atoms with Crippen molar-refractivity contribution in [3.8, 4) is 22.9 Å². The molecular weight excluding hydrogens is 574 g/mol. The predicted octanol–water partition coefficient (Wildman–Crippen LogP) is 4.98. The van der Waals surface area contributed by atoms with Crippen molar-refractivity contribution in [2.24, 2.45) is 0 Å². The third-order valence-electron chi connectivity index (χ3n) is 6.61. The molecule has 4 aromatic rings. The number of carbonyl (C=O) groups is 4. The van der Waals surface area contributed by atoms with Crippen LogP contribution in [0.3, 0.4) is 0 Å². The van der Waals surface area contributed by atoms with Crippen molar-refractivity contribution in [2.75, 3.05) is 6.54 Å². The molecule has 2 amide bonds. The summed E-state index contributed by atoms with van der Waals surface area (Å²) in [5.41, 5.74) is 2.10. The summed E-state index contributed by atoms with van der Waals surface area (Å²) in [6, 6.07) is 11.6. The minimum atomic E-state index is -1.10. The second-order valence-electron chi connectivity index (χ2n) is 9.97. The Kier molecular flexibility index (Phi) is 10.2. The van der Waals surface area contributed by atoms with Crippen LogP contribution in [0.1, 0.15) is 51.6 Å². The molecule has 44 heavy (non-hydrogen) atoms. The van der Waals surface area contributed by atoms with Gasteiger partial charge in [0.05, 0.1) is 17.0 Å². The molecule has 10 nitrogen and oxygen atoms in total. The molecule has 0 bridgehead atoms. The molecule has 2 aromatic carbocycles. The lowest BCUT2D eigenvalue weighted by molar-refractivity contribution is -0.137. The van der Waals surface area contributed by atoms with E-state index < -0.39 is 41.2 Å². The fourth-order valence-corrected chi connectivity index (χ4v) is 4.37. The second-order valence-corrected chi connectivity index (χ2v) is 9.97. The fraction of sp³-hybridized carbons (Fsp3) is 0.219. The molecule has 4 rings (SSSR count). The van der Waals surface area contributed by atoms with E-state index in [-0.39, 0.29) is 47.5 Å². The number of likely N-dealkylation sites (N-methyl/N-ethyl adjacent to an activating group) is 1. The van der Waals surface area contributed by atoms with E-state index in [0.29, 0.717) is 17.9 Å². The number of nitrogens with zero attached hydrogens (tertiary/aromatic N) is 1. The maximum atomic E-state index is 14.7. The molecule has 0 radical (unpaired) electrons. The standard InChI is InChI=1S/C32H30F2N4O6/c1-3-35-32(43)25(8-9-30(40)41)38-31(42)21-13-26(37-17-21)27-16-22(10-11-36-27)44-29-15-19(5-7-24(29)34)28(39)14-20-12-18(2)4-6-23(20)33/h4-7,10-13,15-17,25,37H,3,8-9,14H2,1-2H3,(H,35,43)(H,38,42)(H,40,41)/t25-/m0/s1. The molecule has 0 spiro atoms. The van der Waals surface area contributed by atoms with Gasteiger partial charge in [-0.1, -0.05) is 17.7 Å². The number of ether oxygens (including phenoxy) is 1. The highest BCUT2D eigenvalue weighted by Crippen LogP contribution is 2.29. The lowest BCUT2D eigenvalue weighted by Crippen LogP contribution is -2.46. The first-order valence-corrected chi connectivity index (χ1v) is 13.7. The number of carboxylic acid groups (broad SMARTS) is 1. The quantitative estimate of drug-likeness (QED) is 0.157. The Hall–Kier alpha value is -5.39. The van der Waals surface area contributed by atoms with Crippen LogP contribution in [-0.4, -0.2) is 51.2 Å². The van der Waals surface area contributed by atoms with E-state index in [1.807, 2.05) is 0 Å². The van der Waals surface area contributed by atoms with Gasteiger partial charge < -0.3 is 25.5 Å². The van der Waals surface area contributed by atoms with Gasteiger partial charge >= 0.3 is 5.97 Å². The van der Waals surface area contributed by atoms with Crippen LogP contribution in [-0.2, 0) is 16.0 Å². The Balaban J connectivity index is 1.48. The van der Waals surface area contributed by atoms with Crippen molar-refractivity contribution < 1.29 is 37.8 Å². The van der Waals surface area contributed by atoms with Crippen LogP contribution >= 0.6 is 0 Å². The molecule has 0 unspecified atom stereocenters. The number of benzene rings is 2. The Morgan fingerprint density at radius 3 is 2.52 bits per heavy atom. The molecule has 0 aliphatic carbocycles. The van der Waals surface area contributed by atoms with E-state index in [4.69, 9.17) is 9.84 Å². The Morgan fingerprint density at radius 1 is 1.00 bits per heavy atom. The fourth-order valence-electron chi connectivity index (χ4n) is 4.37. The Bertz CT molecular complexity index is 1700. The summed E-state index contributed by atoms with van der Waals surface area (Å²) in [6.45, 7) is 3.81. The van der Waals surface area contributed by atoms with Crippen LogP contribution in [0, 0.1) is 18.6 Å². The summed E-state index contributed by atoms with van der Waals surface area (Å²) in [7, 11) is 0. The molecule has 2 heterocycles. The van der Waals surface area contributed by atoms with Gasteiger partial charge in [-0.3, -0.25) is 24.2 Å². The molecular formula is C32H30F2N4O6. The molecule has 228 valence electrons. The molecule has 0 saturated heterocycles. The Labute approximate surface area is 251 Å². The number of aliphatic carboxylic acids is 1. The highest BCUT2D eigenvalue weighted by atomic mass is 19.1. The third kappa shape index (κ3) is 8.12. The van der Waals surface area contributed by atoms with Crippen molar-refractivity contribution in [3.05, 3.63) is 101 Å². The van der Waals surface area contributed by atoms with E-state index in [1.165, 1.54) is 48.8 Å². The molecule has 2 aromatic heterocycles. The Morgan fingerprint density at radius 2 is 1.77 bits per heavy atom. The number of amides is 2. The van der Waals surface area contributed by atoms with Gasteiger partial charge in [0.15, 0.2) is 17.3 Å². The van der Waals surface area contributed by atoms with Crippen molar-refractivity contribution in [3.63, 3.8) is 0 Å². The van der Waals surface area contributed by atoms with Crippen LogP contribution in [0.25, 0.3) is 11.4 Å². The summed E-state index contributed by atoms with van der Waals surface area (Å²) < 4.78 is 34.6. The first-order valence-electron chi connectivity index (χ1n) is 13.7. The van der Waals surface area contributed by atoms with E-state index in [2.05, 4.69) is 20.6 Å². The van der Waals surface area contributed by atoms with E-state index in [1.54, 1.807) is 26.0 Å². The number of pyridine rings is 1. The van der Waals surface area contributed by atoms with E-state index >= 15 is 0 Å². The average molecular weight is 605 g/mol. The number of carboxylic acids is 1. The smallest absolute Gasteiger partial charge is 0.303 e. The van der Waals surface area contributed by atoms with Crippen LogP contribution in [0.4, 0.5) is 8.78 Å². The number of aromatic nitrogens is 2. The lowest BCUT2D eigenvalue weighted by Gasteiger charge is -2.16. The van der Waals surface area contributed by atoms with Gasteiger partial charge in [-0.2, -0.15) is 0 Å². The number of Topliss-reactive ketones (excluding diaryl/α,β-unsaturated/α-hetero) is 1. The average Bonchev–Trinajstić information content (AvgIpc) is 3.49. The van der Waals surface area contributed by atoms with Crippen molar-refractivity contribution >= 4 is 23.6 Å². The summed E-state index contributed by atoms with van der Waals surface area (Å²) >= 11 is 0. The van der Waals surface area contributed by atoms with E-state index in [9.17, 15) is 28.0 Å². The highest BCUT2D eigenvalue weighted by Gasteiger charge is 2.23. The minimum absolute atomic E-state index is 0.0860. The van der Waals surface area contributed by atoms with Gasteiger partial charge in [0, 0.05) is 43.4 Å². The van der Waals surface area contributed by atoms with Gasteiger partial charge in [0.2, 0.25) is 5.91 Å². The maximum Gasteiger partial charge on any atom is 0.303 e. The first kappa shape index (κ1) is 31.5. The molecule has 0 saturated carbocycles. The summed E-state index contributed by atoms with van der Waals surface area (Å²) in [4.78, 5) is 56.2. The number of rotatable bonds is 13. The van der Waals surface area contributed by atoms with Gasteiger partial charge in [-0.15, -0.1) is 0 Å². The number of hydrogen-bond acceptors (Lipinski definition) is 6. The zero-order valence-corrected chi connectivity index (χ0v) is 23.9.